The molecule has 3 unspecified atom stereocenters. The number of allylic oxidation sites excluding steroid dienone is 2. The van der Waals surface area contributed by atoms with Crippen molar-refractivity contribution in [1.29, 1.82) is 0 Å². The fourth-order valence-corrected chi connectivity index (χ4v) is 1.95. The molecule has 0 saturated carbocycles. The van der Waals surface area contributed by atoms with Crippen LogP contribution in [0, 0.1) is 0 Å². The van der Waals surface area contributed by atoms with Crippen molar-refractivity contribution in [2.75, 3.05) is 0 Å². The van der Waals surface area contributed by atoms with Gasteiger partial charge in [-0.05, 0) is 19.9 Å². The molecule has 0 aliphatic heterocycles. The third kappa shape index (κ3) is 1.63. The van der Waals surface area contributed by atoms with Crippen molar-refractivity contribution >= 4 is 5.78 Å². The Morgan fingerprint density at radius 1 is 1.31 bits per heavy atom. The van der Waals surface area contributed by atoms with Crippen LogP contribution < -0.4 is 0 Å². The summed E-state index contributed by atoms with van der Waals surface area (Å²) in [4.78, 5) is 11.6. The second-order valence-corrected chi connectivity index (χ2v) is 4.48. The smallest absolute Gasteiger partial charge is 0.167 e. The largest absolute Gasteiger partial charge is 0.383 e. The number of Topliss-reactive ketones (excluding diaryl/α,β-unsaturated/α-hetero) is 1. The van der Waals surface area contributed by atoms with Gasteiger partial charge in [0, 0.05) is 6.42 Å². The van der Waals surface area contributed by atoms with Gasteiger partial charge in [-0.3, -0.25) is 4.79 Å². The highest BCUT2D eigenvalue weighted by Gasteiger charge is 2.58. The van der Waals surface area contributed by atoms with Gasteiger partial charge in [-0.25, -0.2) is 0 Å². The van der Waals surface area contributed by atoms with E-state index in [0.717, 1.165) is 0 Å². The highest BCUT2D eigenvalue weighted by Crippen LogP contribution is 2.38. The van der Waals surface area contributed by atoms with Gasteiger partial charge in [0.15, 0.2) is 17.0 Å². The Hall–Kier alpha value is -0.970. The van der Waals surface area contributed by atoms with Crippen LogP contribution in [0.4, 0.5) is 0 Å². The molecule has 0 bridgehead atoms. The van der Waals surface area contributed by atoms with E-state index in [0.29, 0.717) is 0 Å². The number of ketones is 1. The topological polar surface area (TPSA) is 77.8 Å². The predicted octanol–water partition coefficient (Wildman–Crippen LogP) is 0.325. The molecule has 0 amide bonds. The molecule has 0 radical (unpaired) electrons. The van der Waals surface area contributed by atoms with Gasteiger partial charge in [0.2, 0.25) is 0 Å². The molecule has 0 aromatic rings. The quantitative estimate of drug-likeness (QED) is 0.648. The highest BCUT2D eigenvalue weighted by atomic mass is 16.4. The molecule has 0 spiro atoms. The van der Waals surface area contributed by atoms with Crippen molar-refractivity contribution in [3.63, 3.8) is 0 Å². The summed E-state index contributed by atoms with van der Waals surface area (Å²) in [6, 6.07) is 0. The lowest BCUT2D eigenvalue weighted by atomic mass is 9.68. The Labute approximate surface area is 94.9 Å². The minimum absolute atomic E-state index is 0.0863. The lowest BCUT2D eigenvalue weighted by molar-refractivity contribution is -0.195. The zero-order valence-corrected chi connectivity index (χ0v) is 9.77. The van der Waals surface area contributed by atoms with Gasteiger partial charge in [0.1, 0.15) is 5.60 Å². The maximum Gasteiger partial charge on any atom is 0.167 e. The minimum Gasteiger partial charge on any atom is -0.383 e. The van der Waals surface area contributed by atoms with Crippen LogP contribution in [0.2, 0.25) is 0 Å². The number of aliphatic hydroxyl groups is 3. The molecule has 16 heavy (non-hydrogen) atoms. The first-order chi connectivity index (χ1) is 7.19. The van der Waals surface area contributed by atoms with Gasteiger partial charge in [-0.1, -0.05) is 25.2 Å². The van der Waals surface area contributed by atoms with Crippen molar-refractivity contribution in [3.05, 3.63) is 24.3 Å². The molecule has 1 rings (SSSR count). The van der Waals surface area contributed by atoms with Crippen LogP contribution >= 0.6 is 0 Å². The molecule has 0 fully saturated rings. The van der Waals surface area contributed by atoms with E-state index in [9.17, 15) is 20.1 Å². The third-order valence-electron chi connectivity index (χ3n) is 3.25. The first-order valence-corrected chi connectivity index (χ1v) is 5.26. The molecule has 0 saturated heterocycles. The first-order valence-electron chi connectivity index (χ1n) is 5.26. The summed E-state index contributed by atoms with van der Waals surface area (Å²) in [7, 11) is 0. The standard InChI is InChI=1S/C12H18O4/c1-4-9(13)11(3,15)12(16)8-6-5-7-10(12,2)14/h5-8,14-16H,4H2,1-3H3. The average molecular weight is 226 g/mol. The monoisotopic (exact) mass is 226 g/mol. The van der Waals surface area contributed by atoms with Crippen molar-refractivity contribution in [2.24, 2.45) is 0 Å². The Kier molecular flexibility index (Phi) is 3.11. The molecule has 1 aliphatic rings. The Morgan fingerprint density at radius 3 is 2.25 bits per heavy atom. The summed E-state index contributed by atoms with van der Waals surface area (Å²) in [5.74, 6) is -0.518. The number of carbonyl (C=O) groups is 1. The Morgan fingerprint density at radius 2 is 1.81 bits per heavy atom. The van der Waals surface area contributed by atoms with Crippen molar-refractivity contribution in [3.8, 4) is 0 Å². The lowest BCUT2D eigenvalue weighted by Crippen LogP contribution is -2.67. The molecule has 4 heteroatoms. The fraction of sp³-hybridized carbons (Fsp3) is 0.583. The summed E-state index contributed by atoms with van der Waals surface area (Å²) in [5, 5.41) is 30.6. The maximum atomic E-state index is 11.6. The number of carbonyl (C=O) groups excluding carboxylic acids is 1. The zero-order valence-electron chi connectivity index (χ0n) is 9.77. The Bertz CT molecular complexity index is 352. The summed E-state index contributed by atoms with van der Waals surface area (Å²) < 4.78 is 0. The molecule has 4 nitrogen and oxygen atoms in total. The SMILES string of the molecule is CCC(=O)C(C)(O)C1(O)C=CC=CC1(C)O. The molecule has 3 atom stereocenters. The van der Waals surface area contributed by atoms with E-state index in [1.165, 1.54) is 32.1 Å². The van der Waals surface area contributed by atoms with Crippen molar-refractivity contribution in [1.82, 2.24) is 0 Å². The molecule has 0 heterocycles. The molecule has 90 valence electrons. The first kappa shape index (κ1) is 13.1. The van der Waals surface area contributed by atoms with Gasteiger partial charge in [0.25, 0.3) is 0 Å². The molecule has 0 aromatic heterocycles. The summed E-state index contributed by atoms with van der Waals surface area (Å²) in [6.45, 7) is 4.17. The van der Waals surface area contributed by atoms with E-state index in [1.807, 2.05) is 0 Å². The number of rotatable bonds is 3. The summed E-state index contributed by atoms with van der Waals surface area (Å²) in [6.07, 6.45) is 5.74. The molecule has 3 N–H and O–H groups in total. The average Bonchev–Trinajstić information content (AvgIpc) is 2.20. The van der Waals surface area contributed by atoms with Crippen LogP contribution in [0.5, 0.6) is 0 Å². The van der Waals surface area contributed by atoms with Gasteiger partial charge in [-0.2, -0.15) is 0 Å². The lowest BCUT2D eigenvalue weighted by Gasteiger charge is -2.47. The number of hydrogen-bond donors (Lipinski definition) is 3. The predicted molar refractivity (Wildman–Crippen MR) is 59.8 cm³/mol. The fourth-order valence-electron chi connectivity index (χ4n) is 1.95. The highest BCUT2D eigenvalue weighted by molar-refractivity contribution is 5.88. The van der Waals surface area contributed by atoms with Gasteiger partial charge >= 0.3 is 0 Å². The normalized spacial score (nSPS) is 37.1. The van der Waals surface area contributed by atoms with Gasteiger partial charge in [-0.15, -0.1) is 0 Å². The zero-order chi connectivity index (χ0) is 12.6. The van der Waals surface area contributed by atoms with Crippen molar-refractivity contribution < 1.29 is 20.1 Å². The van der Waals surface area contributed by atoms with E-state index in [-0.39, 0.29) is 6.42 Å². The van der Waals surface area contributed by atoms with E-state index in [4.69, 9.17) is 0 Å². The second-order valence-electron chi connectivity index (χ2n) is 4.48. The molecule has 1 aliphatic carbocycles. The van der Waals surface area contributed by atoms with E-state index in [1.54, 1.807) is 13.0 Å². The summed E-state index contributed by atoms with van der Waals surface area (Å²) in [5.41, 5.74) is -5.72. The minimum atomic E-state index is -2.02. The third-order valence-corrected chi connectivity index (χ3v) is 3.25. The molecular weight excluding hydrogens is 208 g/mol. The number of hydrogen-bond acceptors (Lipinski definition) is 4. The van der Waals surface area contributed by atoms with Gasteiger partial charge in [0.05, 0.1) is 0 Å². The van der Waals surface area contributed by atoms with Crippen molar-refractivity contribution in [2.45, 2.75) is 44.0 Å². The van der Waals surface area contributed by atoms with Crippen LogP contribution in [0.3, 0.4) is 0 Å². The van der Waals surface area contributed by atoms with Crippen LogP contribution in [-0.2, 0) is 4.79 Å². The van der Waals surface area contributed by atoms with Crippen LogP contribution in [0.15, 0.2) is 24.3 Å². The summed E-state index contributed by atoms with van der Waals surface area (Å²) >= 11 is 0. The maximum absolute atomic E-state index is 11.6. The van der Waals surface area contributed by atoms with Crippen LogP contribution in [-0.4, -0.2) is 37.9 Å². The molecule has 0 aromatic carbocycles. The van der Waals surface area contributed by atoms with Gasteiger partial charge < -0.3 is 15.3 Å². The molecular formula is C12H18O4. The van der Waals surface area contributed by atoms with E-state index in [2.05, 4.69) is 0 Å². The van der Waals surface area contributed by atoms with Crippen LogP contribution in [0.1, 0.15) is 27.2 Å². The Balaban J connectivity index is 3.24. The van der Waals surface area contributed by atoms with E-state index >= 15 is 0 Å². The van der Waals surface area contributed by atoms with E-state index < -0.39 is 22.6 Å². The second kappa shape index (κ2) is 3.80. The van der Waals surface area contributed by atoms with Crippen LogP contribution in [0.25, 0.3) is 0 Å².